The van der Waals surface area contributed by atoms with E-state index < -0.39 is 4.92 Å². The van der Waals surface area contributed by atoms with E-state index in [0.717, 1.165) is 4.47 Å². The molecule has 0 saturated carbocycles. The lowest BCUT2D eigenvalue weighted by Gasteiger charge is -1.99. The van der Waals surface area contributed by atoms with Gasteiger partial charge in [0.25, 0.3) is 11.6 Å². The fraction of sp³-hybridized carbons (Fsp3) is 0. The number of non-ortho nitro benzene ring substituents is 1. The van der Waals surface area contributed by atoms with Crippen LogP contribution in [-0.4, -0.2) is 16.5 Å². The zero-order valence-electron chi connectivity index (χ0n) is 10.5. The number of rotatable bonds is 2. The molecular formula is C14H8BrN3O3. The van der Waals surface area contributed by atoms with E-state index in [1.165, 1.54) is 18.2 Å². The van der Waals surface area contributed by atoms with Gasteiger partial charge in [-0.25, -0.2) is 4.99 Å². The maximum absolute atomic E-state index is 12.0. The predicted molar refractivity (Wildman–Crippen MR) is 82.1 cm³/mol. The Kier molecular flexibility index (Phi) is 3.26. The summed E-state index contributed by atoms with van der Waals surface area (Å²) in [5, 5.41) is 13.5. The second-order valence-corrected chi connectivity index (χ2v) is 5.30. The smallest absolute Gasteiger partial charge is 0.275 e. The molecule has 0 aromatic heterocycles. The van der Waals surface area contributed by atoms with Crippen LogP contribution in [0.15, 0.2) is 51.9 Å². The van der Waals surface area contributed by atoms with E-state index in [0.29, 0.717) is 16.9 Å². The summed E-state index contributed by atoms with van der Waals surface area (Å²) >= 11 is 3.33. The monoisotopic (exact) mass is 345 g/mol. The molecule has 0 radical (unpaired) electrons. The van der Waals surface area contributed by atoms with Crippen molar-refractivity contribution in [1.29, 1.82) is 0 Å². The van der Waals surface area contributed by atoms with Gasteiger partial charge in [-0.1, -0.05) is 22.0 Å². The van der Waals surface area contributed by atoms with Crippen LogP contribution in [0.1, 0.15) is 5.56 Å². The number of carbonyl (C=O) groups excluding carboxylic acids is 1. The Hall–Kier alpha value is -2.54. The molecule has 104 valence electrons. The van der Waals surface area contributed by atoms with Crippen LogP contribution in [0.4, 0.5) is 17.1 Å². The number of halogens is 1. The summed E-state index contributed by atoms with van der Waals surface area (Å²) in [7, 11) is 0. The van der Waals surface area contributed by atoms with Crippen molar-refractivity contribution in [3.05, 3.63) is 62.6 Å². The largest absolute Gasteiger partial charge is 0.320 e. The number of nitrogens with one attached hydrogen (secondary N) is 1. The molecule has 1 amide bonds. The van der Waals surface area contributed by atoms with Crippen LogP contribution in [-0.2, 0) is 4.79 Å². The number of fused-ring (bicyclic) bond motifs is 1. The van der Waals surface area contributed by atoms with Crippen LogP contribution in [0, 0.1) is 10.1 Å². The summed E-state index contributed by atoms with van der Waals surface area (Å²) in [6.45, 7) is 0. The Balaban J connectivity index is 2.11. The fourth-order valence-corrected chi connectivity index (χ4v) is 2.43. The number of anilines is 1. The van der Waals surface area contributed by atoms with Crippen LogP contribution < -0.4 is 5.32 Å². The van der Waals surface area contributed by atoms with Gasteiger partial charge >= 0.3 is 0 Å². The summed E-state index contributed by atoms with van der Waals surface area (Å²) in [6.07, 6.45) is 0. The van der Waals surface area contributed by atoms with Crippen molar-refractivity contribution < 1.29 is 9.72 Å². The zero-order valence-corrected chi connectivity index (χ0v) is 12.1. The SMILES string of the molecule is O=C1Nc2ccc([N+](=O)[O-])cc2C1=Nc1cccc(Br)c1. The Morgan fingerprint density at radius 2 is 2.00 bits per heavy atom. The predicted octanol–water partition coefficient (Wildman–Crippen LogP) is 3.43. The van der Waals surface area contributed by atoms with Gasteiger partial charge in [0, 0.05) is 22.2 Å². The first-order chi connectivity index (χ1) is 10.0. The van der Waals surface area contributed by atoms with Gasteiger partial charge < -0.3 is 5.32 Å². The van der Waals surface area contributed by atoms with Gasteiger partial charge in [-0.15, -0.1) is 0 Å². The molecule has 1 N–H and O–H groups in total. The van der Waals surface area contributed by atoms with Crippen LogP contribution in [0.5, 0.6) is 0 Å². The Bertz CT molecular complexity index is 802. The second kappa shape index (κ2) is 5.10. The molecule has 1 heterocycles. The van der Waals surface area contributed by atoms with Crippen molar-refractivity contribution in [2.75, 3.05) is 5.32 Å². The standard InChI is InChI=1S/C14H8BrN3O3/c15-8-2-1-3-9(6-8)16-13-11-7-10(18(20)21)4-5-12(11)17-14(13)19/h1-7H,(H,16,17,19). The highest BCUT2D eigenvalue weighted by Crippen LogP contribution is 2.29. The maximum atomic E-state index is 12.0. The molecule has 3 rings (SSSR count). The van der Waals surface area contributed by atoms with Gasteiger partial charge in [0.15, 0.2) is 0 Å². The number of amides is 1. The van der Waals surface area contributed by atoms with Crippen molar-refractivity contribution in [1.82, 2.24) is 0 Å². The molecule has 1 aliphatic rings. The lowest BCUT2D eigenvalue weighted by Crippen LogP contribution is -2.13. The lowest BCUT2D eigenvalue weighted by atomic mass is 10.1. The number of nitro groups is 1. The molecule has 0 aliphatic carbocycles. The molecule has 0 bridgehead atoms. The van der Waals surface area contributed by atoms with Crippen LogP contribution in [0.2, 0.25) is 0 Å². The number of hydrogen-bond acceptors (Lipinski definition) is 4. The summed E-state index contributed by atoms with van der Waals surface area (Å²) < 4.78 is 0.835. The molecule has 7 heteroatoms. The number of aliphatic imine (C=N–C) groups is 1. The van der Waals surface area contributed by atoms with Crippen LogP contribution in [0.25, 0.3) is 0 Å². The van der Waals surface area contributed by atoms with E-state index >= 15 is 0 Å². The second-order valence-electron chi connectivity index (χ2n) is 4.38. The molecule has 6 nitrogen and oxygen atoms in total. The maximum Gasteiger partial charge on any atom is 0.275 e. The molecule has 1 aliphatic heterocycles. The van der Waals surface area contributed by atoms with Crippen molar-refractivity contribution in [3.63, 3.8) is 0 Å². The van der Waals surface area contributed by atoms with Gasteiger partial charge in [-0.3, -0.25) is 14.9 Å². The molecule has 0 unspecified atom stereocenters. The van der Waals surface area contributed by atoms with Crippen molar-refractivity contribution >= 4 is 44.6 Å². The molecular weight excluding hydrogens is 338 g/mol. The van der Waals surface area contributed by atoms with Crippen molar-refractivity contribution in [2.24, 2.45) is 4.99 Å². The molecule has 2 aromatic rings. The molecule has 0 atom stereocenters. The van der Waals surface area contributed by atoms with E-state index in [4.69, 9.17) is 0 Å². The highest BCUT2D eigenvalue weighted by Gasteiger charge is 2.28. The summed E-state index contributed by atoms with van der Waals surface area (Å²) in [4.78, 5) is 26.6. The number of carbonyl (C=O) groups is 1. The van der Waals surface area contributed by atoms with Crippen LogP contribution in [0.3, 0.4) is 0 Å². The first-order valence-electron chi connectivity index (χ1n) is 5.99. The van der Waals surface area contributed by atoms with Gasteiger partial charge in [0.1, 0.15) is 5.71 Å². The number of nitro benzene ring substituents is 1. The van der Waals surface area contributed by atoms with Gasteiger partial charge in [0.2, 0.25) is 0 Å². The number of nitrogens with zero attached hydrogens (tertiary/aromatic N) is 2. The van der Waals surface area contributed by atoms with Crippen molar-refractivity contribution in [3.8, 4) is 0 Å². The first kappa shape index (κ1) is 13.4. The quantitative estimate of drug-likeness (QED) is 0.668. The van der Waals surface area contributed by atoms with Gasteiger partial charge in [-0.2, -0.15) is 0 Å². The Morgan fingerprint density at radius 3 is 2.71 bits per heavy atom. The fourth-order valence-electron chi connectivity index (χ4n) is 2.04. The molecule has 0 saturated heterocycles. The summed E-state index contributed by atoms with van der Waals surface area (Å²) in [6, 6.07) is 11.4. The number of benzene rings is 2. The van der Waals surface area contributed by atoms with Crippen molar-refractivity contribution in [2.45, 2.75) is 0 Å². The lowest BCUT2D eigenvalue weighted by molar-refractivity contribution is -0.384. The normalized spacial score (nSPS) is 14.9. The summed E-state index contributed by atoms with van der Waals surface area (Å²) in [5.74, 6) is -0.370. The Morgan fingerprint density at radius 1 is 1.19 bits per heavy atom. The molecule has 0 fully saturated rings. The molecule has 2 aromatic carbocycles. The third-order valence-corrected chi connectivity index (χ3v) is 3.47. The van der Waals surface area contributed by atoms with Crippen LogP contribution >= 0.6 is 15.9 Å². The average Bonchev–Trinajstić information content (AvgIpc) is 2.74. The average molecular weight is 346 g/mol. The topological polar surface area (TPSA) is 84.6 Å². The minimum Gasteiger partial charge on any atom is -0.320 e. The van der Waals surface area contributed by atoms with Gasteiger partial charge in [0.05, 0.1) is 16.3 Å². The minimum absolute atomic E-state index is 0.0767. The third-order valence-electron chi connectivity index (χ3n) is 2.98. The minimum atomic E-state index is -0.500. The van der Waals surface area contributed by atoms with E-state index in [9.17, 15) is 14.9 Å². The van der Waals surface area contributed by atoms with E-state index in [1.54, 1.807) is 18.2 Å². The summed E-state index contributed by atoms with van der Waals surface area (Å²) in [5.41, 5.74) is 1.65. The molecule has 0 spiro atoms. The third kappa shape index (κ3) is 2.55. The highest BCUT2D eigenvalue weighted by atomic mass is 79.9. The zero-order chi connectivity index (χ0) is 15.0. The van der Waals surface area contributed by atoms with E-state index in [-0.39, 0.29) is 17.3 Å². The van der Waals surface area contributed by atoms with Gasteiger partial charge in [-0.05, 0) is 24.3 Å². The van der Waals surface area contributed by atoms with E-state index in [1.807, 2.05) is 6.07 Å². The number of hydrogen-bond donors (Lipinski definition) is 1. The Labute approximate surface area is 127 Å². The first-order valence-corrected chi connectivity index (χ1v) is 6.78. The molecule has 21 heavy (non-hydrogen) atoms. The van der Waals surface area contributed by atoms with E-state index in [2.05, 4.69) is 26.2 Å². The highest BCUT2D eigenvalue weighted by molar-refractivity contribution is 9.10.